The molecule has 0 aromatic heterocycles. The Morgan fingerprint density at radius 2 is 2.09 bits per heavy atom. The number of β-amino-alcohol motifs (C(OH)–C–C–N with tert-alkyl or cyclic N) is 1. The van der Waals surface area contributed by atoms with Crippen LogP contribution in [-0.2, 0) is 19.1 Å². The van der Waals surface area contributed by atoms with Crippen LogP contribution in [0.4, 0.5) is 0 Å². The van der Waals surface area contributed by atoms with Gasteiger partial charge in [-0.15, -0.1) is 0 Å². The van der Waals surface area contributed by atoms with Crippen molar-refractivity contribution in [1.29, 1.82) is 0 Å². The maximum atomic E-state index is 12.2. The Hall–Kier alpha value is -1.18. The molecule has 22 heavy (non-hydrogen) atoms. The van der Waals surface area contributed by atoms with Crippen molar-refractivity contribution in [3.63, 3.8) is 0 Å². The maximum Gasteiger partial charge on any atom is 0.222 e. The fraction of sp³-hybridized carbons (Fsp3) is 0.867. The van der Waals surface area contributed by atoms with Gasteiger partial charge in [0.1, 0.15) is 6.10 Å². The molecule has 2 heterocycles. The van der Waals surface area contributed by atoms with E-state index in [0.29, 0.717) is 19.4 Å². The minimum Gasteiger partial charge on any atom is -0.389 e. The molecule has 2 aliphatic rings. The first kappa shape index (κ1) is 17.2. The van der Waals surface area contributed by atoms with Crippen LogP contribution in [0.2, 0.25) is 0 Å². The molecule has 0 bridgehead atoms. The molecular formula is C15H26N2O5. The third kappa shape index (κ3) is 4.18. The van der Waals surface area contributed by atoms with Crippen LogP contribution in [0.1, 0.15) is 32.6 Å². The number of ether oxygens (including phenoxy) is 2. The Balaban J connectivity index is 2.06. The van der Waals surface area contributed by atoms with Crippen molar-refractivity contribution in [3.8, 4) is 0 Å². The SMILES string of the molecule is CCC(=O)N1C[C@@H](O)COC[C@H]2O[C@H](CC(=O)NC)CC[C@@H]21. The number of amides is 2. The Bertz CT molecular complexity index is 403. The van der Waals surface area contributed by atoms with Crippen LogP contribution in [0.5, 0.6) is 0 Å². The fourth-order valence-electron chi connectivity index (χ4n) is 3.14. The third-order valence-electron chi connectivity index (χ3n) is 4.30. The highest BCUT2D eigenvalue weighted by Crippen LogP contribution is 2.28. The van der Waals surface area contributed by atoms with E-state index in [0.717, 1.165) is 12.8 Å². The number of nitrogens with one attached hydrogen (secondary N) is 1. The third-order valence-corrected chi connectivity index (χ3v) is 4.30. The zero-order valence-electron chi connectivity index (χ0n) is 13.3. The molecule has 4 atom stereocenters. The minimum absolute atomic E-state index is 0.0179. The van der Waals surface area contributed by atoms with E-state index in [9.17, 15) is 14.7 Å². The lowest BCUT2D eigenvalue weighted by atomic mass is 9.94. The second-order valence-electron chi connectivity index (χ2n) is 5.91. The van der Waals surface area contributed by atoms with E-state index in [-0.39, 0.29) is 43.2 Å². The van der Waals surface area contributed by atoms with Crippen LogP contribution < -0.4 is 5.32 Å². The molecular weight excluding hydrogens is 288 g/mol. The van der Waals surface area contributed by atoms with Crippen LogP contribution >= 0.6 is 0 Å². The van der Waals surface area contributed by atoms with E-state index in [4.69, 9.17) is 9.47 Å². The minimum atomic E-state index is -0.667. The highest BCUT2D eigenvalue weighted by Gasteiger charge is 2.39. The molecule has 0 aromatic carbocycles. The number of nitrogens with zero attached hydrogens (tertiary/aromatic N) is 1. The molecule has 2 rings (SSSR count). The van der Waals surface area contributed by atoms with Gasteiger partial charge in [0.25, 0.3) is 0 Å². The number of aliphatic hydroxyl groups is 1. The molecule has 0 saturated carbocycles. The highest BCUT2D eigenvalue weighted by molar-refractivity contribution is 5.76. The molecule has 2 saturated heterocycles. The topological polar surface area (TPSA) is 88.1 Å². The first-order valence-electron chi connectivity index (χ1n) is 7.96. The summed E-state index contributed by atoms with van der Waals surface area (Å²) in [7, 11) is 1.61. The van der Waals surface area contributed by atoms with Gasteiger partial charge in [0.05, 0.1) is 37.9 Å². The van der Waals surface area contributed by atoms with Gasteiger partial charge in [0.2, 0.25) is 11.8 Å². The molecule has 0 aliphatic carbocycles. The van der Waals surface area contributed by atoms with Crippen molar-refractivity contribution in [1.82, 2.24) is 10.2 Å². The van der Waals surface area contributed by atoms with E-state index in [2.05, 4.69) is 5.32 Å². The molecule has 7 heteroatoms. The van der Waals surface area contributed by atoms with E-state index in [1.54, 1.807) is 11.9 Å². The Morgan fingerprint density at radius 1 is 1.32 bits per heavy atom. The highest BCUT2D eigenvalue weighted by atomic mass is 16.5. The van der Waals surface area contributed by atoms with Gasteiger partial charge in [-0.25, -0.2) is 0 Å². The molecule has 126 valence electrons. The summed E-state index contributed by atoms with van der Waals surface area (Å²) in [6.45, 7) is 2.62. The standard InChI is InChI=1S/C15H26N2O5/c1-3-15(20)17-7-10(18)8-21-9-13-12(17)5-4-11(22-13)6-14(19)16-2/h10-13,18H,3-9H2,1-2H3,(H,16,19)/t10-,11+,12+,13-/m1/s1. The van der Waals surface area contributed by atoms with Gasteiger partial charge in [-0.05, 0) is 12.8 Å². The molecule has 7 nitrogen and oxygen atoms in total. The Labute approximate surface area is 130 Å². The van der Waals surface area contributed by atoms with Gasteiger partial charge in [-0.3, -0.25) is 9.59 Å². The molecule has 0 spiro atoms. The largest absolute Gasteiger partial charge is 0.389 e. The summed E-state index contributed by atoms with van der Waals surface area (Å²) in [6, 6.07) is -0.0941. The van der Waals surface area contributed by atoms with Gasteiger partial charge < -0.3 is 24.8 Å². The zero-order chi connectivity index (χ0) is 16.1. The number of aliphatic hydroxyl groups excluding tert-OH is 1. The second-order valence-corrected chi connectivity index (χ2v) is 5.91. The fourth-order valence-corrected chi connectivity index (χ4v) is 3.14. The smallest absolute Gasteiger partial charge is 0.222 e. The second kappa shape index (κ2) is 7.89. The van der Waals surface area contributed by atoms with Gasteiger partial charge in [-0.2, -0.15) is 0 Å². The first-order chi connectivity index (χ1) is 10.5. The number of hydrogen-bond donors (Lipinski definition) is 2. The van der Waals surface area contributed by atoms with Crippen molar-refractivity contribution in [2.45, 2.75) is 57.0 Å². The summed E-state index contributed by atoms with van der Waals surface area (Å²) in [5.74, 6) is -0.0311. The number of carbonyl (C=O) groups is 2. The lowest BCUT2D eigenvalue weighted by Crippen LogP contribution is -2.57. The zero-order valence-corrected chi connectivity index (χ0v) is 13.3. The summed E-state index contributed by atoms with van der Waals surface area (Å²) >= 11 is 0. The van der Waals surface area contributed by atoms with Crippen molar-refractivity contribution in [2.75, 3.05) is 26.8 Å². The summed E-state index contributed by atoms with van der Waals surface area (Å²) in [5.41, 5.74) is 0. The maximum absolute atomic E-state index is 12.2. The van der Waals surface area contributed by atoms with Gasteiger partial charge >= 0.3 is 0 Å². The predicted octanol–water partition coefficient (Wildman–Crippen LogP) is -0.332. The number of hydrogen-bond acceptors (Lipinski definition) is 5. The van der Waals surface area contributed by atoms with Crippen molar-refractivity contribution >= 4 is 11.8 Å². The Kier molecular flexibility index (Phi) is 6.16. The number of carbonyl (C=O) groups excluding carboxylic acids is 2. The average Bonchev–Trinajstić information content (AvgIpc) is 2.50. The van der Waals surface area contributed by atoms with Crippen LogP contribution in [0.15, 0.2) is 0 Å². The lowest BCUT2D eigenvalue weighted by molar-refractivity contribution is -0.169. The average molecular weight is 314 g/mol. The van der Waals surface area contributed by atoms with Crippen LogP contribution in [0.3, 0.4) is 0 Å². The van der Waals surface area contributed by atoms with E-state index >= 15 is 0 Å². The first-order valence-corrected chi connectivity index (χ1v) is 7.96. The molecule has 2 N–H and O–H groups in total. The van der Waals surface area contributed by atoms with Crippen molar-refractivity contribution in [2.24, 2.45) is 0 Å². The van der Waals surface area contributed by atoms with Gasteiger partial charge in [-0.1, -0.05) is 6.92 Å². The quantitative estimate of drug-likeness (QED) is 0.745. The van der Waals surface area contributed by atoms with Crippen LogP contribution in [-0.4, -0.2) is 73.0 Å². The summed E-state index contributed by atoms with van der Waals surface area (Å²) in [6.07, 6.45) is 1.15. The van der Waals surface area contributed by atoms with Crippen LogP contribution in [0.25, 0.3) is 0 Å². The number of fused-ring (bicyclic) bond motifs is 1. The monoisotopic (exact) mass is 314 g/mol. The predicted molar refractivity (Wildman–Crippen MR) is 79.2 cm³/mol. The van der Waals surface area contributed by atoms with E-state index < -0.39 is 6.10 Å². The van der Waals surface area contributed by atoms with E-state index in [1.165, 1.54) is 0 Å². The van der Waals surface area contributed by atoms with Gasteiger partial charge in [0.15, 0.2) is 0 Å². The number of rotatable bonds is 3. The molecule has 2 amide bonds. The van der Waals surface area contributed by atoms with Crippen molar-refractivity contribution in [3.05, 3.63) is 0 Å². The molecule has 0 radical (unpaired) electrons. The summed E-state index contributed by atoms with van der Waals surface area (Å²) in [5, 5.41) is 12.5. The molecule has 0 aromatic rings. The van der Waals surface area contributed by atoms with Crippen LogP contribution in [0, 0.1) is 0 Å². The van der Waals surface area contributed by atoms with Gasteiger partial charge in [0, 0.05) is 20.0 Å². The van der Waals surface area contributed by atoms with Crippen molar-refractivity contribution < 1.29 is 24.2 Å². The normalized spacial score (nSPS) is 32.6. The lowest BCUT2D eigenvalue weighted by Gasteiger charge is -2.44. The molecule has 2 aliphatic heterocycles. The summed E-state index contributed by atoms with van der Waals surface area (Å²) < 4.78 is 11.5. The Morgan fingerprint density at radius 3 is 2.77 bits per heavy atom. The van der Waals surface area contributed by atoms with E-state index in [1.807, 2.05) is 6.92 Å². The molecule has 2 fully saturated rings. The molecule has 0 unspecified atom stereocenters. The summed E-state index contributed by atoms with van der Waals surface area (Å²) in [4.78, 5) is 25.4.